The van der Waals surface area contributed by atoms with Gasteiger partial charge in [-0.3, -0.25) is 14.4 Å². The molecule has 3 aliphatic rings. The molecular weight excluding hydrogens is 536 g/mol. The lowest BCUT2D eigenvalue weighted by molar-refractivity contribution is -0.171. The van der Waals surface area contributed by atoms with Crippen LogP contribution in [0.2, 0.25) is 0 Å². The van der Waals surface area contributed by atoms with Crippen molar-refractivity contribution in [3.05, 3.63) is 47.0 Å². The van der Waals surface area contributed by atoms with Crippen LogP contribution in [0.5, 0.6) is 0 Å². The molecule has 1 spiro atoms. The summed E-state index contributed by atoms with van der Waals surface area (Å²) in [4.78, 5) is 37.1. The van der Waals surface area contributed by atoms with Gasteiger partial charge in [0.05, 0.1) is 18.6 Å². The SMILES string of the molecule is CO[C@@H]1[C@H](OC(=O)CCc2ccc(CC(=O)COCC(=O)C(C)(C)C)cc2)CC[C@]2(CO2)[C@H]1[C@@]1(C)O[C@@H]1CC=C(C)C. The van der Waals surface area contributed by atoms with E-state index in [4.69, 9.17) is 23.7 Å². The van der Waals surface area contributed by atoms with E-state index < -0.39 is 5.41 Å². The maximum absolute atomic E-state index is 12.9. The van der Waals surface area contributed by atoms with Crippen LogP contribution in [0.1, 0.15) is 78.4 Å². The van der Waals surface area contributed by atoms with E-state index in [9.17, 15) is 14.4 Å². The summed E-state index contributed by atoms with van der Waals surface area (Å²) in [6, 6.07) is 7.65. The molecule has 6 atom stereocenters. The van der Waals surface area contributed by atoms with Gasteiger partial charge >= 0.3 is 5.97 Å². The Morgan fingerprint density at radius 3 is 2.33 bits per heavy atom. The highest BCUT2D eigenvalue weighted by molar-refractivity contribution is 5.86. The molecule has 1 aliphatic carbocycles. The molecule has 1 aromatic rings. The van der Waals surface area contributed by atoms with E-state index in [1.807, 2.05) is 45.0 Å². The summed E-state index contributed by atoms with van der Waals surface area (Å²) in [5.41, 5.74) is 2.02. The smallest absolute Gasteiger partial charge is 0.306 e. The van der Waals surface area contributed by atoms with Crippen LogP contribution in [0.3, 0.4) is 0 Å². The zero-order valence-electron chi connectivity index (χ0n) is 26.3. The van der Waals surface area contributed by atoms with E-state index in [-0.39, 0.29) is 79.0 Å². The van der Waals surface area contributed by atoms with E-state index in [0.29, 0.717) is 19.4 Å². The van der Waals surface area contributed by atoms with Crippen LogP contribution in [0.4, 0.5) is 0 Å². The highest BCUT2D eigenvalue weighted by Crippen LogP contribution is 2.59. The maximum atomic E-state index is 12.9. The largest absolute Gasteiger partial charge is 0.460 e. The lowest BCUT2D eigenvalue weighted by Crippen LogP contribution is -2.55. The van der Waals surface area contributed by atoms with Gasteiger partial charge in [-0.25, -0.2) is 0 Å². The average Bonchev–Trinajstić information content (AvgIpc) is 3.84. The minimum atomic E-state index is -0.483. The van der Waals surface area contributed by atoms with E-state index in [2.05, 4.69) is 26.8 Å². The van der Waals surface area contributed by atoms with Crippen molar-refractivity contribution in [3.63, 3.8) is 0 Å². The summed E-state index contributed by atoms with van der Waals surface area (Å²) in [6.07, 6.45) is 5.07. The number of hydrogen-bond acceptors (Lipinski definition) is 8. The number of carbonyl (C=O) groups is 3. The summed E-state index contributed by atoms with van der Waals surface area (Å²) in [5, 5.41) is 0. The lowest BCUT2D eigenvalue weighted by atomic mass is 9.68. The number of ketones is 2. The van der Waals surface area contributed by atoms with Crippen molar-refractivity contribution in [2.75, 3.05) is 26.9 Å². The molecule has 8 heteroatoms. The molecule has 8 nitrogen and oxygen atoms in total. The summed E-state index contributed by atoms with van der Waals surface area (Å²) < 4.78 is 29.6. The van der Waals surface area contributed by atoms with Gasteiger partial charge in [-0.1, -0.05) is 56.7 Å². The molecule has 0 N–H and O–H groups in total. The fourth-order valence-electron chi connectivity index (χ4n) is 6.12. The number of methoxy groups -OCH3 is 1. The average molecular weight is 585 g/mol. The van der Waals surface area contributed by atoms with Crippen molar-refractivity contribution < 1.29 is 38.1 Å². The van der Waals surface area contributed by atoms with Crippen molar-refractivity contribution in [2.24, 2.45) is 11.3 Å². The molecule has 0 unspecified atom stereocenters. The Hall–Kier alpha value is -2.39. The van der Waals surface area contributed by atoms with Gasteiger partial charge in [0.1, 0.15) is 36.6 Å². The van der Waals surface area contributed by atoms with E-state index >= 15 is 0 Å². The van der Waals surface area contributed by atoms with Crippen LogP contribution < -0.4 is 0 Å². The standard InChI is InChI=1S/C34H48O8/c1-22(2)8-14-28-33(6,42-28)31-30(38-7)26(16-17-34(31)21-40-34)41-29(37)15-13-23-9-11-24(12-10-23)18-25(35)19-39-20-27(36)32(3,4)5/h8-12,26,28,30-31H,13-21H2,1-7H3/t26-,28-,30-,31-,33+,34+/m1/s1. The quantitative estimate of drug-likeness (QED) is 0.171. The van der Waals surface area contributed by atoms with Crippen LogP contribution in [0.25, 0.3) is 0 Å². The summed E-state index contributed by atoms with van der Waals surface area (Å²) in [7, 11) is 1.68. The molecule has 1 aromatic carbocycles. The molecule has 0 bridgehead atoms. The summed E-state index contributed by atoms with van der Waals surface area (Å²) >= 11 is 0. The fraction of sp³-hybridized carbons (Fsp3) is 0.676. The first-order valence-electron chi connectivity index (χ1n) is 15.2. The first kappa shape index (κ1) is 32.5. The number of rotatable bonds is 14. The fourth-order valence-corrected chi connectivity index (χ4v) is 6.12. The monoisotopic (exact) mass is 584 g/mol. The molecule has 42 heavy (non-hydrogen) atoms. The lowest BCUT2D eigenvalue weighted by Gasteiger charge is -2.42. The molecule has 3 fully saturated rings. The third kappa shape index (κ3) is 7.95. The van der Waals surface area contributed by atoms with Gasteiger partial charge in [0.2, 0.25) is 0 Å². The first-order valence-corrected chi connectivity index (χ1v) is 15.2. The van der Waals surface area contributed by atoms with Crippen molar-refractivity contribution in [1.29, 1.82) is 0 Å². The van der Waals surface area contributed by atoms with Gasteiger partial charge in [-0.05, 0) is 57.6 Å². The first-order chi connectivity index (χ1) is 19.8. The molecule has 0 amide bonds. The minimum absolute atomic E-state index is 0.00301. The van der Waals surface area contributed by atoms with Gasteiger partial charge in [-0.15, -0.1) is 0 Å². The Morgan fingerprint density at radius 1 is 1.07 bits per heavy atom. The minimum Gasteiger partial charge on any atom is -0.460 e. The van der Waals surface area contributed by atoms with Crippen molar-refractivity contribution >= 4 is 17.5 Å². The Morgan fingerprint density at radius 2 is 1.74 bits per heavy atom. The van der Waals surface area contributed by atoms with Gasteiger partial charge in [-0.2, -0.15) is 0 Å². The Balaban J connectivity index is 1.24. The van der Waals surface area contributed by atoms with Gasteiger partial charge in [0, 0.05) is 25.4 Å². The predicted octanol–water partition coefficient (Wildman–Crippen LogP) is 4.98. The van der Waals surface area contributed by atoms with E-state index in [1.165, 1.54) is 5.57 Å². The Kier molecular flexibility index (Phi) is 10.1. The van der Waals surface area contributed by atoms with Crippen LogP contribution in [-0.4, -0.2) is 74.0 Å². The molecule has 2 aliphatic heterocycles. The number of allylic oxidation sites excluding steroid dienone is 1. The number of carbonyl (C=O) groups excluding carboxylic acids is 3. The molecule has 1 saturated carbocycles. The van der Waals surface area contributed by atoms with Crippen molar-refractivity contribution in [3.8, 4) is 0 Å². The van der Waals surface area contributed by atoms with Crippen LogP contribution >= 0.6 is 0 Å². The number of epoxide rings is 2. The zero-order valence-corrected chi connectivity index (χ0v) is 26.3. The number of hydrogen-bond donors (Lipinski definition) is 0. The van der Waals surface area contributed by atoms with Gasteiger partial charge in [0.15, 0.2) is 11.6 Å². The predicted molar refractivity (Wildman–Crippen MR) is 158 cm³/mol. The number of aryl methyl sites for hydroxylation is 1. The second-order valence-corrected chi connectivity index (χ2v) is 13.6. The normalized spacial score (nSPS) is 30.1. The molecule has 0 aromatic heterocycles. The Labute approximate surface area is 250 Å². The molecule has 2 heterocycles. The van der Waals surface area contributed by atoms with Crippen LogP contribution in [0.15, 0.2) is 35.9 Å². The zero-order chi connectivity index (χ0) is 30.7. The second kappa shape index (κ2) is 13.1. The molecule has 232 valence electrons. The molecular formula is C34H48O8. The van der Waals surface area contributed by atoms with Gasteiger partial charge < -0.3 is 23.7 Å². The number of esters is 1. The van der Waals surface area contributed by atoms with Crippen molar-refractivity contribution in [2.45, 2.75) is 110 Å². The third-order valence-corrected chi connectivity index (χ3v) is 8.89. The van der Waals surface area contributed by atoms with Crippen LogP contribution in [0, 0.1) is 11.3 Å². The van der Waals surface area contributed by atoms with E-state index in [1.54, 1.807) is 7.11 Å². The molecule has 2 saturated heterocycles. The maximum Gasteiger partial charge on any atom is 0.306 e. The second-order valence-electron chi connectivity index (χ2n) is 13.6. The Bertz CT molecular complexity index is 1150. The van der Waals surface area contributed by atoms with Crippen molar-refractivity contribution in [1.82, 2.24) is 0 Å². The van der Waals surface area contributed by atoms with Crippen LogP contribution in [-0.2, 0) is 50.9 Å². The number of ether oxygens (including phenoxy) is 5. The highest BCUT2D eigenvalue weighted by Gasteiger charge is 2.72. The number of benzene rings is 1. The molecule has 4 rings (SSSR count). The molecule has 0 radical (unpaired) electrons. The number of Topliss-reactive ketones (excluding diaryl/α,β-unsaturated/α-hetero) is 2. The highest BCUT2D eigenvalue weighted by atomic mass is 16.6. The summed E-state index contributed by atoms with van der Waals surface area (Å²) in [5.74, 6) is -0.372. The third-order valence-electron chi connectivity index (χ3n) is 8.89. The summed E-state index contributed by atoms with van der Waals surface area (Å²) in [6.45, 7) is 12.3. The van der Waals surface area contributed by atoms with E-state index in [0.717, 1.165) is 24.0 Å². The topological polar surface area (TPSA) is 104 Å². The van der Waals surface area contributed by atoms with Gasteiger partial charge in [0.25, 0.3) is 0 Å².